The fourth-order valence-electron chi connectivity index (χ4n) is 4.78. The molecule has 3 aliphatic heterocycles. The van der Waals surface area contributed by atoms with Crippen LogP contribution in [0.4, 0.5) is 5.69 Å². The number of esters is 1. The molecule has 1 N–H and O–H groups in total. The van der Waals surface area contributed by atoms with E-state index in [1.165, 1.54) is 7.11 Å². The first-order valence-corrected chi connectivity index (χ1v) is 10.7. The highest BCUT2D eigenvalue weighted by Gasteiger charge is 2.36. The average Bonchev–Trinajstić information content (AvgIpc) is 3.48. The Morgan fingerprint density at radius 3 is 2.30 bits per heavy atom. The zero-order chi connectivity index (χ0) is 22.2. The van der Waals surface area contributed by atoms with Crippen LogP contribution in [-0.2, 0) is 4.74 Å². The fourth-order valence-corrected chi connectivity index (χ4v) is 4.78. The molecular weight excluding hydrogens is 442 g/mol. The van der Waals surface area contributed by atoms with Gasteiger partial charge < -0.3 is 15.0 Å². The molecule has 3 heterocycles. The lowest BCUT2D eigenvalue weighted by atomic mass is 10.0. The van der Waals surface area contributed by atoms with E-state index in [-0.39, 0.29) is 30.8 Å². The molecular formula is C25H24ClN3O4. The van der Waals surface area contributed by atoms with Crippen molar-refractivity contribution in [2.75, 3.05) is 44.7 Å². The molecule has 0 radical (unpaired) electrons. The lowest BCUT2D eigenvalue weighted by Gasteiger charge is -2.20. The number of hydrogen-bond acceptors (Lipinski definition) is 6. The van der Waals surface area contributed by atoms with Gasteiger partial charge in [-0.05, 0) is 42.2 Å². The number of rotatable bonds is 3. The number of nitrogens with zero attached hydrogens (tertiary/aromatic N) is 2. The van der Waals surface area contributed by atoms with E-state index in [2.05, 4.69) is 22.1 Å². The van der Waals surface area contributed by atoms with Gasteiger partial charge in [-0.3, -0.25) is 14.5 Å². The highest BCUT2D eigenvalue weighted by Crippen LogP contribution is 2.31. The minimum Gasteiger partial charge on any atom is -0.465 e. The van der Waals surface area contributed by atoms with Crippen LogP contribution in [0.15, 0.2) is 42.5 Å². The third-order valence-electron chi connectivity index (χ3n) is 6.50. The molecule has 3 aliphatic rings. The molecule has 2 aromatic rings. The number of carbonyl (C=O) groups is 3. The van der Waals surface area contributed by atoms with Crippen molar-refractivity contribution in [2.24, 2.45) is 11.8 Å². The molecule has 7 nitrogen and oxygen atoms in total. The number of fused-ring (bicyclic) bond motifs is 2. The Labute approximate surface area is 198 Å². The normalized spacial score (nSPS) is 20.6. The summed E-state index contributed by atoms with van der Waals surface area (Å²) in [5.41, 5.74) is 2.70. The first-order chi connectivity index (χ1) is 15.6. The van der Waals surface area contributed by atoms with Crippen molar-refractivity contribution in [1.29, 1.82) is 0 Å². The summed E-state index contributed by atoms with van der Waals surface area (Å²) in [5, 5.41) is 3.44. The van der Waals surface area contributed by atoms with E-state index in [1.54, 1.807) is 30.3 Å². The van der Waals surface area contributed by atoms with Crippen molar-refractivity contribution in [3.8, 4) is 11.8 Å². The second-order valence-electron chi connectivity index (χ2n) is 8.35. The maximum atomic E-state index is 12.5. The van der Waals surface area contributed by atoms with Crippen molar-refractivity contribution in [3.05, 3.63) is 64.7 Å². The fraction of sp³-hybridized carbons (Fsp3) is 0.320. The highest BCUT2D eigenvalue weighted by atomic mass is 35.5. The van der Waals surface area contributed by atoms with Crippen LogP contribution in [0.3, 0.4) is 0 Å². The molecule has 33 heavy (non-hydrogen) atoms. The number of anilines is 1. The zero-order valence-corrected chi connectivity index (χ0v) is 19.0. The van der Waals surface area contributed by atoms with Crippen molar-refractivity contribution in [3.63, 3.8) is 0 Å². The minimum absolute atomic E-state index is 0. The Bertz CT molecular complexity index is 1140. The quantitative estimate of drug-likeness (QED) is 0.425. The van der Waals surface area contributed by atoms with Gasteiger partial charge in [0, 0.05) is 37.4 Å². The first-order valence-electron chi connectivity index (χ1n) is 10.7. The number of methoxy groups -OCH3 is 1. The predicted molar refractivity (Wildman–Crippen MR) is 126 cm³/mol. The molecule has 8 heteroatoms. The van der Waals surface area contributed by atoms with E-state index in [9.17, 15) is 14.4 Å². The molecule has 0 bridgehead atoms. The molecule has 2 saturated heterocycles. The van der Waals surface area contributed by atoms with E-state index in [4.69, 9.17) is 4.74 Å². The Hall–Kier alpha value is -3.34. The van der Waals surface area contributed by atoms with Gasteiger partial charge >= 0.3 is 5.97 Å². The highest BCUT2D eigenvalue weighted by molar-refractivity contribution is 6.21. The maximum absolute atomic E-state index is 12.5. The lowest BCUT2D eigenvalue weighted by Crippen LogP contribution is -2.30. The molecule has 5 rings (SSSR count). The first kappa shape index (κ1) is 22.8. The summed E-state index contributed by atoms with van der Waals surface area (Å²) in [5.74, 6) is 6.03. The molecule has 2 atom stereocenters. The smallest absolute Gasteiger partial charge is 0.339 e. The number of imide groups is 1. The van der Waals surface area contributed by atoms with E-state index >= 15 is 0 Å². The SMILES string of the molecule is COC(=O)c1ccc(N2CC3CNCC3C2)cc1C#CCN1C(=O)c2ccccc2C1=O.Cl. The van der Waals surface area contributed by atoms with Crippen molar-refractivity contribution >= 4 is 35.9 Å². The molecule has 170 valence electrons. The molecule has 0 aromatic heterocycles. The van der Waals surface area contributed by atoms with Gasteiger partial charge in [0.2, 0.25) is 0 Å². The maximum Gasteiger partial charge on any atom is 0.339 e. The van der Waals surface area contributed by atoms with Gasteiger partial charge in [-0.25, -0.2) is 4.79 Å². The van der Waals surface area contributed by atoms with Crippen LogP contribution in [0.25, 0.3) is 0 Å². The number of carbonyl (C=O) groups excluding carboxylic acids is 3. The largest absolute Gasteiger partial charge is 0.465 e. The summed E-state index contributed by atoms with van der Waals surface area (Å²) < 4.78 is 4.91. The monoisotopic (exact) mass is 465 g/mol. The third-order valence-corrected chi connectivity index (χ3v) is 6.50. The third kappa shape index (κ3) is 4.08. The number of benzene rings is 2. The Balaban J connectivity index is 0.00000259. The van der Waals surface area contributed by atoms with Crippen molar-refractivity contribution < 1.29 is 19.1 Å². The van der Waals surface area contributed by atoms with Gasteiger partial charge in [0.1, 0.15) is 0 Å². The number of nitrogens with one attached hydrogen (secondary N) is 1. The minimum atomic E-state index is -0.468. The molecule has 2 aromatic carbocycles. The van der Waals surface area contributed by atoms with Crippen molar-refractivity contribution in [1.82, 2.24) is 10.2 Å². The summed E-state index contributed by atoms with van der Waals surface area (Å²) in [6, 6.07) is 12.3. The van der Waals surface area contributed by atoms with Gasteiger partial charge in [0.15, 0.2) is 0 Å². The molecule has 0 saturated carbocycles. The van der Waals surface area contributed by atoms with Gasteiger partial charge in [-0.2, -0.15) is 0 Å². The topological polar surface area (TPSA) is 79.0 Å². The molecule has 2 fully saturated rings. The van der Waals surface area contributed by atoms with Crippen LogP contribution < -0.4 is 10.2 Å². The summed E-state index contributed by atoms with van der Waals surface area (Å²) in [6.45, 7) is 3.97. The number of hydrogen-bond donors (Lipinski definition) is 1. The van der Waals surface area contributed by atoms with Crippen LogP contribution in [-0.4, -0.2) is 62.5 Å². The molecule has 2 amide bonds. The van der Waals surface area contributed by atoms with E-state index in [0.29, 0.717) is 34.1 Å². The van der Waals surface area contributed by atoms with Gasteiger partial charge in [-0.15, -0.1) is 12.4 Å². The molecule has 0 aliphatic carbocycles. The van der Waals surface area contributed by atoms with Crippen LogP contribution in [0, 0.1) is 23.7 Å². The van der Waals surface area contributed by atoms with Gasteiger partial charge in [0.05, 0.1) is 30.3 Å². The average molecular weight is 466 g/mol. The van der Waals surface area contributed by atoms with Crippen molar-refractivity contribution in [2.45, 2.75) is 0 Å². The van der Waals surface area contributed by atoms with E-state index in [0.717, 1.165) is 36.8 Å². The van der Waals surface area contributed by atoms with Crippen LogP contribution in [0.5, 0.6) is 0 Å². The van der Waals surface area contributed by atoms with Crippen LogP contribution in [0.2, 0.25) is 0 Å². The number of ether oxygens (including phenoxy) is 1. The Morgan fingerprint density at radius 2 is 1.70 bits per heavy atom. The van der Waals surface area contributed by atoms with E-state index in [1.807, 2.05) is 12.1 Å². The summed E-state index contributed by atoms with van der Waals surface area (Å²) in [4.78, 5) is 40.8. The second-order valence-corrected chi connectivity index (χ2v) is 8.35. The summed E-state index contributed by atoms with van der Waals surface area (Å²) in [6.07, 6.45) is 0. The van der Waals surface area contributed by atoms with Gasteiger partial charge in [-0.1, -0.05) is 24.0 Å². The lowest BCUT2D eigenvalue weighted by molar-refractivity contribution is 0.0598. The molecule has 0 spiro atoms. The van der Waals surface area contributed by atoms with Gasteiger partial charge in [0.25, 0.3) is 11.8 Å². The van der Waals surface area contributed by atoms with Crippen LogP contribution in [0.1, 0.15) is 36.6 Å². The number of halogens is 1. The predicted octanol–water partition coefficient (Wildman–Crippen LogP) is 2.20. The standard InChI is InChI=1S/C25H23N3O4.ClH/c1-32-25(31)20-9-8-19(27-14-17-12-26-13-18(17)15-27)11-16(20)5-4-10-28-23(29)21-6-2-3-7-22(21)24(28)30;/h2-3,6-9,11,17-18,26H,10,12-15H2,1H3;1H. The Morgan fingerprint density at radius 1 is 1.06 bits per heavy atom. The second kappa shape index (κ2) is 9.26. The summed E-state index contributed by atoms with van der Waals surface area (Å²) in [7, 11) is 1.33. The van der Waals surface area contributed by atoms with E-state index < -0.39 is 5.97 Å². The summed E-state index contributed by atoms with van der Waals surface area (Å²) >= 11 is 0. The zero-order valence-electron chi connectivity index (χ0n) is 18.2. The Kier molecular flexibility index (Phi) is 6.41. The van der Waals surface area contributed by atoms with Crippen LogP contribution >= 0.6 is 12.4 Å². The number of amides is 2. The molecule has 2 unspecified atom stereocenters.